The zero-order valence-electron chi connectivity index (χ0n) is 12.1. The highest BCUT2D eigenvalue weighted by Gasteiger charge is 2.13. The molecule has 0 saturated carbocycles. The van der Waals surface area contributed by atoms with Crippen LogP contribution >= 0.6 is 27.3 Å². The molecule has 0 unspecified atom stereocenters. The highest BCUT2D eigenvalue weighted by molar-refractivity contribution is 9.10. The molecule has 2 heterocycles. The Hall–Kier alpha value is -1.53. The second-order valence-electron chi connectivity index (χ2n) is 4.90. The Morgan fingerprint density at radius 1 is 1.33 bits per heavy atom. The number of nitrogens with one attached hydrogen (secondary N) is 1. The standard InChI is InChI=1S/C15H16BrN3OS/c1-9-6-11(7-10(2)13(9)16)17-8-12-14(20-3)18-15-19(12)4-5-21-15/h4-7,17H,8H2,1-3H3. The number of benzene rings is 1. The summed E-state index contributed by atoms with van der Waals surface area (Å²) >= 11 is 5.20. The van der Waals surface area contributed by atoms with Crippen molar-refractivity contribution in [3.8, 4) is 5.88 Å². The van der Waals surface area contributed by atoms with Crippen molar-refractivity contribution in [2.24, 2.45) is 0 Å². The number of thiazole rings is 1. The first-order chi connectivity index (χ1) is 10.1. The van der Waals surface area contributed by atoms with Gasteiger partial charge in [0, 0.05) is 21.7 Å². The maximum absolute atomic E-state index is 5.37. The van der Waals surface area contributed by atoms with E-state index in [1.54, 1.807) is 18.4 Å². The Labute approximate surface area is 135 Å². The van der Waals surface area contributed by atoms with Crippen LogP contribution in [-0.4, -0.2) is 16.5 Å². The van der Waals surface area contributed by atoms with Gasteiger partial charge in [0.15, 0.2) is 4.96 Å². The number of ether oxygens (including phenoxy) is 1. The van der Waals surface area contributed by atoms with Crippen molar-refractivity contribution in [2.45, 2.75) is 20.4 Å². The molecule has 0 saturated heterocycles. The molecule has 4 nitrogen and oxygen atoms in total. The maximum atomic E-state index is 5.37. The summed E-state index contributed by atoms with van der Waals surface area (Å²) in [4.78, 5) is 5.42. The van der Waals surface area contributed by atoms with Crippen molar-refractivity contribution >= 4 is 37.9 Å². The summed E-state index contributed by atoms with van der Waals surface area (Å²) in [5.74, 6) is 0.680. The van der Waals surface area contributed by atoms with E-state index in [1.165, 1.54) is 11.1 Å². The number of nitrogens with zero attached hydrogens (tertiary/aromatic N) is 2. The van der Waals surface area contributed by atoms with Crippen molar-refractivity contribution in [3.05, 3.63) is 45.0 Å². The quantitative estimate of drug-likeness (QED) is 0.744. The fourth-order valence-electron chi connectivity index (χ4n) is 2.37. The van der Waals surface area contributed by atoms with E-state index in [0.717, 1.165) is 20.8 Å². The zero-order chi connectivity index (χ0) is 15.0. The van der Waals surface area contributed by atoms with Gasteiger partial charge < -0.3 is 10.1 Å². The van der Waals surface area contributed by atoms with Gasteiger partial charge in [0.05, 0.1) is 13.7 Å². The Balaban J connectivity index is 1.88. The monoisotopic (exact) mass is 365 g/mol. The molecule has 3 aromatic rings. The van der Waals surface area contributed by atoms with E-state index in [4.69, 9.17) is 4.74 Å². The Kier molecular flexibility index (Phi) is 3.91. The number of methoxy groups -OCH3 is 1. The molecule has 21 heavy (non-hydrogen) atoms. The Morgan fingerprint density at radius 3 is 2.71 bits per heavy atom. The van der Waals surface area contributed by atoms with Crippen LogP contribution in [0.2, 0.25) is 0 Å². The number of aryl methyl sites for hydroxylation is 2. The van der Waals surface area contributed by atoms with E-state index in [0.29, 0.717) is 12.4 Å². The first kappa shape index (κ1) is 14.4. The molecule has 0 radical (unpaired) electrons. The summed E-state index contributed by atoms with van der Waals surface area (Å²) in [5, 5.41) is 5.48. The summed E-state index contributed by atoms with van der Waals surface area (Å²) in [6.07, 6.45) is 2.02. The van der Waals surface area contributed by atoms with Gasteiger partial charge in [-0.25, -0.2) is 0 Å². The van der Waals surface area contributed by atoms with Crippen LogP contribution in [0.3, 0.4) is 0 Å². The summed E-state index contributed by atoms with van der Waals surface area (Å²) in [6.45, 7) is 4.86. The Morgan fingerprint density at radius 2 is 2.05 bits per heavy atom. The van der Waals surface area contributed by atoms with Crippen molar-refractivity contribution in [1.29, 1.82) is 0 Å². The molecule has 0 aliphatic carbocycles. The lowest BCUT2D eigenvalue weighted by atomic mass is 10.1. The smallest absolute Gasteiger partial charge is 0.238 e. The fraction of sp³-hybridized carbons (Fsp3) is 0.267. The predicted molar refractivity (Wildman–Crippen MR) is 90.6 cm³/mol. The predicted octanol–water partition coefficient (Wildman–Crippen LogP) is 4.40. The van der Waals surface area contributed by atoms with E-state index >= 15 is 0 Å². The van der Waals surface area contributed by atoms with E-state index in [-0.39, 0.29) is 0 Å². The highest BCUT2D eigenvalue weighted by atomic mass is 79.9. The number of rotatable bonds is 4. The molecule has 1 N–H and O–H groups in total. The van der Waals surface area contributed by atoms with Gasteiger partial charge in [-0.15, -0.1) is 11.3 Å². The lowest BCUT2D eigenvalue weighted by Gasteiger charge is -2.11. The SMILES string of the molecule is COc1nc2sccn2c1CNc1cc(C)c(Br)c(C)c1. The molecule has 0 atom stereocenters. The summed E-state index contributed by atoms with van der Waals surface area (Å²) in [7, 11) is 1.66. The number of hydrogen-bond acceptors (Lipinski definition) is 4. The van der Waals surface area contributed by atoms with Gasteiger partial charge in [-0.2, -0.15) is 4.98 Å². The second kappa shape index (κ2) is 5.69. The van der Waals surface area contributed by atoms with E-state index < -0.39 is 0 Å². The first-order valence-corrected chi connectivity index (χ1v) is 8.26. The Bertz CT molecular complexity index is 770. The third kappa shape index (κ3) is 2.65. The molecule has 1 aromatic carbocycles. The van der Waals surface area contributed by atoms with Crippen LogP contribution in [0.5, 0.6) is 5.88 Å². The average Bonchev–Trinajstić information content (AvgIpc) is 3.02. The van der Waals surface area contributed by atoms with Crippen LogP contribution in [0.25, 0.3) is 4.96 Å². The zero-order valence-corrected chi connectivity index (χ0v) is 14.5. The van der Waals surface area contributed by atoms with Gasteiger partial charge in [-0.1, -0.05) is 15.9 Å². The minimum atomic E-state index is 0.668. The number of halogens is 1. The second-order valence-corrected chi connectivity index (χ2v) is 6.57. The number of hydrogen-bond donors (Lipinski definition) is 1. The van der Waals surface area contributed by atoms with E-state index in [2.05, 4.69) is 56.6 Å². The van der Waals surface area contributed by atoms with Crippen molar-refractivity contribution in [1.82, 2.24) is 9.38 Å². The van der Waals surface area contributed by atoms with Gasteiger partial charge >= 0.3 is 0 Å². The molecule has 3 rings (SSSR count). The van der Waals surface area contributed by atoms with Crippen LogP contribution in [0.15, 0.2) is 28.2 Å². The van der Waals surface area contributed by atoms with Crippen molar-refractivity contribution in [3.63, 3.8) is 0 Å². The van der Waals surface area contributed by atoms with Crippen LogP contribution < -0.4 is 10.1 Å². The highest BCUT2D eigenvalue weighted by Crippen LogP contribution is 2.27. The summed E-state index contributed by atoms with van der Waals surface area (Å²) in [5.41, 5.74) is 4.57. The molecule has 6 heteroatoms. The average molecular weight is 366 g/mol. The van der Waals surface area contributed by atoms with E-state index in [9.17, 15) is 0 Å². The van der Waals surface area contributed by atoms with Gasteiger partial charge in [0.25, 0.3) is 0 Å². The fourth-order valence-corrected chi connectivity index (χ4v) is 3.32. The minimum absolute atomic E-state index is 0.668. The minimum Gasteiger partial charge on any atom is -0.480 e. The molecule has 0 bridgehead atoms. The maximum Gasteiger partial charge on any atom is 0.238 e. The molecule has 0 aliphatic rings. The number of aromatic nitrogens is 2. The van der Waals surface area contributed by atoms with Crippen LogP contribution in [0, 0.1) is 13.8 Å². The first-order valence-electron chi connectivity index (χ1n) is 6.59. The number of anilines is 1. The van der Waals surface area contributed by atoms with E-state index in [1.807, 2.05) is 11.6 Å². The third-order valence-electron chi connectivity index (χ3n) is 3.41. The van der Waals surface area contributed by atoms with Gasteiger partial charge in [-0.05, 0) is 37.1 Å². The molecule has 0 spiro atoms. The van der Waals surface area contributed by atoms with Gasteiger partial charge in [0.1, 0.15) is 5.69 Å². The number of fused-ring (bicyclic) bond motifs is 1. The largest absolute Gasteiger partial charge is 0.480 e. The van der Waals surface area contributed by atoms with Gasteiger partial charge in [0.2, 0.25) is 5.88 Å². The molecule has 0 amide bonds. The van der Waals surface area contributed by atoms with Crippen molar-refractivity contribution < 1.29 is 4.74 Å². The van der Waals surface area contributed by atoms with Crippen LogP contribution in [0.4, 0.5) is 5.69 Å². The normalized spacial score (nSPS) is 11.0. The van der Waals surface area contributed by atoms with Gasteiger partial charge in [-0.3, -0.25) is 4.40 Å². The number of imidazole rings is 1. The molecule has 2 aromatic heterocycles. The lowest BCUT2D eigenvalue weighted by Crippen LogP contribution is -2.04. The summed E-state index contributed by atoms with van der Waals surface area (Å²) < 4.78 is 8.60. The summed E-state index contributed by atoms with van der Waals surface area (Å²) in [6, 6.07) is 4.27. The molecule has 0 aliphatic heterocycles. The molecular weight excluding hydrogens is 350 g/mol. The van der Waals surface area contributed by atoms with Crippen LogP contribution in [-0.2, 0) is 6.54 Å². The van der Waals surface area contributed by atoms with Crippen molar-refractivity contribution in [2.75, 3.05) is 12.4 Å². The molecule has 110 valence electrons. The van der Waals surface area contributed by atoms with Crippen LogP contribution in [0.1, 0.15) is 16.8 Å². The molecular formula is C15H16BrN3OS. The molecule has 0 fully saturated rings. The third-order valence-corrected chi connectivity index (χ3v) is 5.42. The lowest BCUT2D eigenvalue weighted by molar-refractivity contribution is 0.395. The topological polar surface area (TPSA) is 38.6 Å².